The molecule has 0 amide bonds. The standard InChI is InChI=1S/C13H10F3NO/c14-11-5-4-9(8-12(11)18-13(15)16)7-10-3-1-2-6-17-10/h1-6,8,13H,7H2. The molecule has 0 saturated carbocycles. The van der Waals surface area contributed by atoms with Crippen molar-refractivity contribution in [1.82, 2.24) is 4.98 Å². The second-order valence-corrected chi connectivity index (χ2v) is 3.64. The van der Waals surface area contributed by atoms with Crippen molar-refractivity contribution in [2.45, 2.75) is 13.0 Å². The van der Waals surface area contributed by atoms with Crippen molar-refractivity contribution in [2.75, 3.05) is 0 Å². The third-order valence-corrected chi connectivity index (χ3v) is 2.32. The van der Waals surface area contributed by atoms with E-state index >= 15 is 0 Å². The SMILES string of the molecule is Fc1ccc(Cc2ccccn2)cc1OC(F)F. The molecule has 0 aliphatic carbocycles. The Labute approximate surface area is 102 Å². The number of pyridine rings is 1. The van der Waals surface area contributed by atoms with Gasteiger partial charge in [-0.25, -0.2) is 4.39 Å². The zero-order valence-corrected chi connectivity index (χ0v) is 9.32. The van der Waals surface area contributed by atoms with Crippen LogP contribution in [0.3, 0.4) is 0 Å². The number of hydrogen-bond acceptors (Lipinski definition) is 2. The lowest BCUT2D eigenvalue weighted by Crippen LogP contribution is -2.04. The molecular weight excluding hydrogens is 243 g/mol. The molecule has 18 heavy (non-hydrogen) atoms. The summed E-state index contributed by atoms with van der Waals surface area (Å²) >= 11 is 0. The molecule has 2 rings (SSSR count). The fourth-order valence-electron chi connectivity index (χ4n) is 1.56. The Morgan fingerprint density at radius 3 is 2.67 bits per heavy atom. The second-order valence-electron chi connectivity index (χ2n) is 3.64. The van der Waals surface area contributed by atoms with Crippen molar-refractivity contribution in [2.24, 2.45) is 0 Å². The average molecular weight is 253 g/mol. The topological polar surface area (TPSA) is 22.1 Å². The predicted molar refractivity (Wildman–Crippen MR) is 60.1 cm³/mol. The molecule has 1 aromatic heterocycles. The lowest BCUT2D eigenvalue weighted by molar-refractivity contribution is -0.0522. The van der Waals surface area contributed by atoms with Crippen LogP contribution in [0.2, 0.25) is 0 Å². The molecule has 0 N–H and O–H groups in total. The van der Waals surface area contributed by atoms with Crippen LogP contribution in [0, 0.1) is 5.82 Å². The van der Waals surface area contributed by atoms with Crippen molar-refractivity contribution >= 4 is 0 Å². The lowest BCUT2D eigenvalue weighted by atomic mass is 10.1. The Balaban J connectivity index is 2.19. The number of rotatable bonds is 4. The van der Waals surface area contributed by atoms with E-state index in [1.807, 2.05) is 6.07 Å². The van der Waals surface area contributed by atoms with Gasteiger partial charge in [0, 0.05) is 18.3 Å². The van der Waals surface area contributed by atoms with Crippen molar-refractivity contribution < 1.29 is 17.9 Å². The van der Waals surface area contributed by atoms with E-state index in [0.29, 0.717) is 12.0 Å². The molecule has 1 heterocycles. The molecule has 0 atom stereocenters. The summed E-state index contributed by atoms with van der Waals surface area (Å²) < 4.78 is 41.4. The summed E-state index contributed by atoms with van der Waals surface area (Å²) in [6.45, 7) is -3.04. The number of hydrogen-bond donors (Lipinski definition) is 0. The van der Waals surface area contributed by atoms with Gasteiger partial charge >= 0.3 is 6.61 Å². The quantitative estimate of drug-likeness (QED) is 0.833. The summed E-state index contributed by atoms with van der Waals surface area (Å²) in [5.41, 5.74) is 1.43. The third-order valence-electron chi connectivity index (χ3n) is 2.32. The van der Waals surface area contributed by atoms with Crippen LogP contribution in [-0.2, 0) is 6.42 Å². The number of alkyl halides is 2. The molecule has 0 aliphatic heterocycles. The average Bonchev–Trinajstić information content (AvgIpc) is 2.34. The Kier molecular flexibility index (Phi) is 3.82. The van der Waals surface area contributed by atoms with E-state index in [0.717, 1.165) is 11.8 Å². The maximum Gasteiger partial charge on any atom is 0.387 e. The van der Waals surface area contributed by atoms with Crippen LogP contribution in [0.4, 0.5) is 13.2 Å². The normalized spacial score (nSPS) is 10.7. The molecule has 94 valence electrons. The molecule has 1 aromatic carbocycles. The van der Waals surface area contributed by atoms with Gasteiger partial charge in [-0.05, 0) is 29.8 Å². The van der Waals surface area contributed by atoms with Crippen molar-refractivity contribution in [3.05, 3.63) is 59.7 Å². The van der Waals surface area contributed by atoms with Gasteiger partial charge in [0.15, 0.2) is 11.6 Å². The van der Waals surface area contributed by atoms with Crippen molar-refractivity contribution in [3.63, 3.8) is 0 Å². The Bertz CT molecular complexity index is 517. The Morgan fingerprint density at radius 2 is 2.00 bits per heavy atom. The van der Waals surface area contributed by atoms with Gasteiger partial charge in [0.1, 0.15) is 0 Å². The van der Waals surface area contributed by atoms with Crippen LogP contribution in [0.1, 0.15) is 11.3 Å². The summed E-state index contributed by atoms with van der Waals surface area (Å²) in [6, 6.07) is 9.29. The zero-order chi connectivity index (χ0) is 13.0. The summed E-state index contributed by atoms with van der Waals surface area (Å²) in [5, 5.41) is 0. The van der Waals surface area contributed by atoms with Gasteiger partial charge in [-0.2, -0.15) is 8.78 Å². The first-order valence-corrected chi connectivity index (χ1v) is 5.28. The van der Waals surface area contributed by atoms with Crippen LogP contribution in [0.15, 0.2) is 42.6 Å². The van der Waals surface area contributed by atoms with E-state index in [1.54, 1.807) is 18.3 Å². The predicted octanol–water partition coefficient (Wildman–Crippen LogP) is 3.41. The van der Waals surface area contributed by atoms with Crippen LogP contribution >= 0.6 is 0 Å². The minimum absolute atomic E-state index is 0.431. The highest BCUT2D eigenvalue weighted by molar-refractivity contribution is 5.32. The first kappa shape index (κ1) is 12.4. The molecule has 0 saturated heterocycles. The smallest absolute Gasteiger partial charge is 0.387 e. The minimum atomic E-state index is -3.04. The van der Waals surface area contributed by atoms with Crippen molar-refractivity contribution in [3.8, 4) is 5.75 Å². The van der Waals surface area contributed by atoms with Gasteiger partial charge in [-0.3, -0.25) is 4.98 Å². The van der Waals surface area contributed by atoms with Gasteiger partial charge in [-0.1, -0.05) is 12.1 Å². The van der Waals surface area contributed by atoms with E-state index in [4.69, 9.17) is 0 Å². The molecular formula is C13H10F3NO. The molecule has 0 radical (unpaired) electrons. The van der Waals surface area contributed by atoms with Crippen LogP contribution in [0.5, 0.6) is 5.75 Å². The number of benzene rings is 1. The highest BCUT2D eigenvalue weighted by Gasteiger charge is 2.10. The molecule has 5 heteroatoms. The van der Waals surface area contributed by atoms with E-state index < -0.39 is 18.2 Å². The van der Waals surface area contributed by atoms with Gasteiger partial charge in [0.25, 0.3) is 0 Å². The Hall–Kier alpha value is -2.04. The summed E-state index contributed by atoms with van der Waals surface area (Å²) in [7, 11) is 0. The van der Waals surface area contributed by atoms with Gasteiger partial charge in [0.2, 0.25) is 0 Å². The maximum absolute atomic E-state index is 13.2. The number of aromatic nitrogens is 1. The fourth-order valence-corrected chi connectivity index (χ4v) is 1.56. The molecule has 0 aliphatic rings. The zero-order valence-electron chi connectivity index (χ0n) is 9.32. The second kappa shape index (κ2) is 5.53. The first-order chi connectivity index (χ1) is 8.65. The number of nitrogens with zero attached hydrogens (tertiary/aromatic N) is 1. The molecule has 2 aromatic rings. The first-order valence-electron chi connectivity index (χ1n) is 5.28. The van der Waals surface area contributed by atoms with E-state index in [1.165, 1.54) is 12.1 Å². The van der Waals surface area contributed by atoms with E-state index in [9.17, 15) is 13.2 Å². The van der Waals surface area contributed by atoms with Crippen molar-refractivity contribution in [1.29, 1.82) is 0 Å². The van der Waals surface area contributed by atoms with Gasteiger partial charge < -0.3 is 4.74 Å². The molecule has 0 fully saturated rings. The van der Waals surface area contributed by atoms with E-state index in [2.05, 4.69) is 9.72 Å². The van der Waals surface area contributed by atoms with Gasteiger partial charge in [-0.15, -0.1) is 0 Å². The van der Waals surface area contributed by atoms with Crippen LogP contribution < -0.4 is 4.74 Å². The minimum Gasteiger partial charge on any atom is -0.432 e. The molecule has 0 bridgehead atoms. The molecule has 0 unspecified atom stereocenters. The van der Waals surface area contributed by atoms with Gasteiger partial charge in [0.05, 0.1) is 0 Å². The largest absolute Gasteiger partial charge is 0.432 e. The highest BCUT2D eigenvalue weighted by Crippen LogP contribution is 2.22. The summed E-state index contributed by atoms with van der Waals surface area (Å²) in [6.07, 6.45) is 2.07. The van der Waals surface area contributed by atoms with Crippen LogP contribution in [0.25, 0.3) is 0 Å². The highest BCUT2D eigenvalue weighted by atomic mass is 19.3. The fraction of sp³-hybridized carbons (Fsp3) is 0.154. The molecule has 2 nitrogen and oxygen atoms in total. The third kappa shape index (κ3) is 3.23. The Morgan fingerprint density at radius 1 is 1.17 bits per heavy atom. The number of ether oxygens (including phenoxy) is 1. The molecule has 0 spiro atoms. The van der Waals surface area contributed by atoms with Crippen LogP contribution in [-0.4, -0.2) is 11.6 Å². The lowest BCUT2D eigenvalue weighted by Gasteiger charge is -2.08. The summed E-state index contributed by atoms with van der Waals surface area (Å²) in [4.78, 5) is 4.10. The maximum atomic E-state index is 13.2. The van der Waals surface area contributed by atoms with E-state index in [-0.39, 0.29) is 0 Å². The summed E-state index contributed by atoms with van der Waals surface area (Å²) in [5.74, 6) is -1.25. The monoisotopic (exact) mass is 253 g/mol. The number of halogens is 3.